The van der Waals surface area contributed by atoms with Crippen LogP contribution in [-0.2, 0) is 9.53 Å². The van der Waals surface area contributed by atoms with Crippen LogP contribution in [0.2, 0.25) is 4.18 Å². The third kappa shape index (κ3) is 12.6. The molecule has 1 aromatic rings. The SMILES string of the molecule is CC.CC(C)(CC=O)OC[CH2][In][CH2]SSc1ccccn1. The number of pyridine rings is 1. The van der Waals surface area contributed by atoms with E-state index in [0.29, 0.717) is 6.42 Å². The average Bonchev–Trinajstić information content (AvgIpc) is 2.49. The molecule has 0 amide bonds. The maximum atomic E-state index is 10.4. The Morgan fingerprint density at radius 1 is 1.38 bits per heavy atom. The van der Waals surface area contributed by atoms with Crippen molar-refractivity contribution in [3.05, 3.63) is 24.4 Å². The van der Waals surface area contributed by atoms with Crippen molar-refractivity contribution in [2.75, 3.05) is 10.1 Å². The van der Waals surface area contributed by atoms with Gasteiger partial charge in [0.1, 0.15) is 0 Å². The molecule has 0 atom stereocenters. The zero-order valence-electron chi connectivity index (χ0n) is 13.4. The number of hydrogen-bond donors (Lipinski definition) is 0. The van der Waals surface area contributed by atoms with Gasteiger partial charge in [-0.05, 0) is 0 Å². The Labute approximate surface area is 148 Å². The van der Waals surface area contributed by atoms with Gasteiger partial charge in [0.05, 0.1) is 0 Å². The van der Waals surface area contributed by atoms with Crippen LogP contribution < -0.4 is 0 Å². The first-order valence-electron chi connectivity index (χ1n) is 7.24. The zero-order valence-corrected chi connectivity index (χ0v) is 18.3. The van der Waals surface area contributed by atoms with Crippen molar-refractivity contribution in [3.8, 4) is 0 Å². The van der Waals surface area contributed by atoms with E-state index >= 15 is 0 Å². The molecule has 117 valence electrons. The quantitative estimate of drug-likeness (QED) is 0.314. The fourth-order valence-corrected chi connectivity index (χ4v) is 9.60. The van der Waals surface area contributed by atoms with Crippen molar-refractivity contribution in [2.24, 2.45) is 0 Å². The monoisotopic (exact) mass is 430 g/mol. The maximum absolute atomic E-state index is 10.4. The van der Waals surface area contributed by atoms with Crippen molar-refractivity contribution >= 4 is 50.8 Å². The van der Waals surface area contributed by atoms with Gasteiger partial charge in [0.2, 0.25) is 0 Å². The van der Waals surface area contributed by atoms with Crippen LogP contribution in [0, 0.1) is 0 Å². The number of rotatable bonds is 10. The molecule has 0 unspecified atom stereocenters. The summed E-state index contributed by atoms with van der Waals surface area (Å²) in [7, 11) is 3.66. The Kier molecular flexibility index (Phi) is 14.2. The molecule has 0 bridgehead atoms. The van der Waals surface area contributed by atoms with Crippen molar-refractivity contribution < 1.29 is 9.53 Å². The van der Waals surface area contributed by atoms with Crippen molar-refractivity contribution in [2.45, 2.75) is 48.9 Å². The molecule has 0 aliphatic carbocycles. The van der Waals surface area contributed by atoms with Crippen molar-refractivity contribution in [3.63, 3.8) is 0 Å². The molecule has 3 nitrogen and oxygen atoms in total. The predicted molar refractivity (Wildman–Crippen MR) is 95.2 cm³/mol. The van der Waals surface area contributed by atoms with E-state index in [4.69, 9.17) is 4.74 Å². The van der Waals surface area contributed by atoms with Crippen molar-refractivity contribution in [1.29, 1.82) is 0 Å². The fraction of sp³-hybridized carbons (Fsp3) is 0.600. The van der Waals surface area contributed by atoms with Gasteiger partial charge in [0, 0.05) is 0 Å². The normalized spacial score (nSPS) is 10.5. The average molecular weight is 430 g/mol. The number of aldehydes is 1. The van der Waals surface area contributed by atoms with Crippen LogP contribution in [0.25, 0.3) is 0 Å². The summed E-state index contributed by atoms with van der Waals surface area (Å²) in [5, 5.41) is 1.08. The van der Waals surface area contributed by atoms with Gasteiger partial charge in [-0.3, -0.25) is 0 Å². The molecule has 0 aliphatic rings. The summed E-state index contributed by atoms with van der Waals surface area (Å²) >= 11 is -0.528. The summed E-state index contributed by atoms with van der Waals surface area (Å²) in [6.45, 7) is 8.75. The first-order valence-corrected chi connectivity index (χ1v) is 14.2. The van der Waals surface area contributed by atoms with Crippen LogP contribution in [0.1, 0.15) is 34.1 Å². The second-order valence-electron chi connectivity index (χ2n) is 4.59. The molecular formula is C15H25InNO2S2. The van der Waals surface area contributed by atoms with Gasteiger partial charge in [0.15, 0.2) is 0 Å². The molecular weight excluding hydrogens is 405 g/mol. The van der Waals surface area contributed by atoms with E-state index in [1.165, 1.54) is 7.69 Å². The summed E-state index contributed by atoms with van der Waals surface area (Å²) in [5.74, 6) is 0. The van der Waals surface area contributed by atoms with Gasteiger partial charge in [-0.15, -0.1) is 0 Å². The Morgan fingerprint density at radius 2 is 2.14 bits per heavy atom. The minimum absolute atomic E-state index is 0.291. The third-order valence-electron chi connectivity index (χ3n) is 2.36. The van der Waals surface area contributed by atoms with E-state index in [-0.39, 0.29) is 5.60 Å². The zero-order chi connectivity index (χ0) is 16.0. The van der Waals surface area contributed by atoms with Gasteiger partial charge in [-0.1, -0.05) is 13.8 Å². The molecule has 1 heterocycles. The second kappa shape index (κ2) is 14.0. The Hall–Kier alpha value is 0.350. The summed E-state index contributed by atoms with van der Waals surface area (Å²) in [6, 6.07) is 5.99. The molecule has 0 aromatic carbocycles. The first-order chi connectivity index (χ1) is 10.1. The topological polar surface area (TPSA) is 39.2 Å². The van der Waals surface area contributed by atoms with E-state index < -0.39 is 22.9 Å². The Bertz CT molecular complexity index is 364. The number of nitrogens with zero attached hydrogens (tertiary/aromatic N) is 1. The van der Waals surface area contributed by atoms with Gasteiger partial charge in [0.25, 0.3) is 0 Å². The van der Waals surface area contributed by atoms with E-state index in [2.05, 4.69) is 4.98 Å². The molecule has 1 radical (unpaired) electrons. The Morgan fingerprint density at radius 3 is 2.76 bits per heavy atom. The molecule has 21 heavy (non-hydrogen) atoms. The first kappa shape index (κ1) is 21.4. The van der Waals surface area contributed by atoms with E-state index in [9.17, 15) is 4.79 Å². The predicted octanol–water partition coefficient (Wildman–Crippen LogP) is 4.31. The standard InChI is InChI=1S/C7H13O2.C6H6NS2.C2H6.In/c1-4-9-7(2,3)5-6-8;1-8-9-6-4-2-3-5-7-6;1-2;/h6H,1,4-5H2,2-3H3;2-5H,1H2;1-2H3;. The number of aromatic nitrogens is 1. The third-order valence-corrected chi connectivity index (χ3v) is 11.9. The van der Waals surface area contributed by atoms with Crippen LogP contribution in [-0.4, -0.2) is 49.9 Å². The minimum atomic E-state index is -0.528. The van der Waals surface area contributed by atoms with E-state index in [1.807, 2.05) is 62.9 Å². The number of ether oxygens (including phenoxy) is 1. The molecule has 0 aliphatic heterocycles. The number of carbonyl (C=O) groups is 1. The number of hydrogen-bond acceptors (Lipinski definition) is 5. The van der Waals surface area contributed by atoms with Gasteiger partial charge in [-0.25, -0.2) is 0 Å². The molecule has 6 heteroatoms. The van der Waals surface area contributed by atoms with Gasteiger partial charge >= 0.3 is 135 Å². The van der Waals surface area contributed by atoms with Crippen LogP contribution in [0.15, 0.2) is 29.4 Å². The van der Waals surface area contributed by atoms with Crippen LogP contribution in [0.3, 0.4) is 0 Å². The molecule has 1 aromatic heterocycles. The summed E-state index contributed by atoms with van der Waals surface area (Å²) in [4.78, 5) is 14.7. The molecule has 0 N–H and O–H groups in total. The molecule has 0 spiro atoms. The molecule has 1 rings (SSSR count). The molecule has 0 saturated carbocycles. The Balaban J connectivity index is 0.00000191. The van der Waals surface area contributed by atoms with Crippen LogP contribution in [0.5, 0.6) is 0 Å². The van der Waals surface area contributed by atoms with E-state index in [1.54, 1.807) is 10.8 Å². The fourth-order valence-electron chi connectivity index (χ4n) is 1.30. The summed E-state index contributed by atoms with van der Waals surface area (Å²) < 4.78 is 8.21. The van der Waals surface area contributed by atoms with E-state index in [0.717, 1.165) is 17.9 Å². The van der Waals surface area contributed by atoms with Crippen LogP contribution in [0.4, 0.5) is 0 Å². The van der Waals surface area contributed by atoms with Crippen LogP contribution >= 0.6 is 21.6 Å². The second-order valence-corrected chi connectivity index (χ2v) is 13.1. The summed E-state index contributed by atoms with van der Waals surface area (Å²) in [6.07, 6.45) is 3.24. The van der Waals surface area contributed by atoms with Gasteiger partial charge in [-0.2, -0.15) is 0 Å². The number of carbonyl (C=O) groups excluding carboxylic acids is 1. The molecule has 0 fully saturated rings. The molecule has 0 saturated heterocycles. The summed E-state index contributed by atoms with van der Waals surface area (Å²) in [5.41, 5.74) is -0.291. The van der Waals surface area contributed by atoms with Crippen molar-refractivity contribution in [1.82, 2.24) is 4.98 Å². The van der Waals surface area contributed by atoms with Gasteiger partial charge < -0.3 is 0 Å².